The number of rotatable bonds is 3. The normalized spacial score (nSPS) is 10.2. The molecule has 0 atom stereocenters. The number of halogens is 1. The van der Waals surface area contributed by atoms with Gasteiger partial charge in [-0.1, -0.05) is 29.8 Å². The summed E-state index contributed by atoms with van der Waals surface area (Å²) >= 11 is 6.08. The van der Waals surface area contributed by atoms with Gasteiger partial charge in [0.05, 0.1) is 5.02 Å². The fraction of sp³-hybridized carbons (Fsp3) is 0.143. The minimum absolute atomic E-state index is 0.466. The van der Waals surface area contributed by atoms with Gasteiger partial charge in [-0.15, -0.1) is 0 Å². The van der Waals surface area contributed by atoms with Crippen LogP contribution >= 0.6 is 11.6 Å². The highest BCUT2D eigenvalue weighted by molar-refractivity contribution is 6.32. The molecule has 2 N–H and O–H groups in total. The van der Waals surface area contributed by atoms with Gasteiger partial charge in [-0.3, -0.25) is 0 Å². The Hall–Kier alpha value is -1.67. The van der Waals surface area contributed by atoms with Crippen LogP contribution < -0.4 is 10.5 Å². The first-order valence-electron chi connectivity index (χ1n) is 5.38. The molecule has 0 aliphatic heterocycles. The molecule has 0 aromatic heterocycles. The van der Waals surface area contributed by atoms with Gasteiger partial charge in [0.2, 0.25) is 0 Å². The van der Waals surface area contributed by atoms with Gasteiger partial charge >= 0.3 is 0 Å². The molecule has 3 heteroatoms. The van der Waals surface area contributed by atoms with Gasteiger partial charge in [0.25, 0.3) is 0 Å². The number of benzene rings is 2. The second-order valence-corrected chi connectivity index (χ2v) is 4.37. The van der Waals surface area contributed by atoms with Crippen molar-refractivity contribution >= 4 is 17.3 Å². The maximum atomic E-state index is 6.08. The van der Waals surface area contributed by atoms with E-state index in [1.807, 2.05) is 49.4 Å². The van der Waals surface area contributed by atoms with Crippen LogP contribution in [-0.4, -0.2) is 0 Å². The van der Waals surface area contributed by atoms with Crippen molar-refractivity contribution in [3.63, 3.8) is 0 Å². The first-order valence-corrected chi connectivity index (χ1v) is 5.76. The summed E-state index contributed by atoms with van der Waals surface area (Å²) in [6, 6.07) is 13.4. The number of anilines is 1. The van der Waals surface area contributed by atoms with Gasteiger partial charge in [0, 0.05) is 5.69 Å². The van der Waals surface area contributed by atoms with E-state index >= 15 is 0 Å². The Morgan fingerprint density at radius 1 is 1.18 bits per heavy atom. The molecule has 0 aliphatic rings. The fourth-order valence-electron chi connectivity index (χ4n) is 1.57. The molecule has 0 radical (unpaired) electrons. The molecule has 0 saturated heterocycles. The van der Waals surface area contributed by atoms with E-state index in [0.29, 0.717) is 17.4 Å². The number of aryl methyl sites for hydroxylation is 1. The molecule has 17 heavy (non-hydrogen) atoms. The maximum absolute atomic E-state index is 6.08. The van der Waals surface area contributed by atoms with Gasteiger partial charge in [-0.25, -0.2) is 0 Å². The molecule has 2 rings (SSSR count). The van der Waals surface area contributed by atoms with Gasteiger partial charge in [-0.2, -0.15) is 0 Å². The Kier molecular flexibility index (Phi) is 3.55. The molecule has 0 aliphatic carbocycles. The molecule has 0 spiro atoms. The van der Waals surface area contributed by atoms with Gasteiger partial charge in [0.1, 0.15) is 12.4 Å². The standard InChI is InChI=1S/C14H14ClNO/c1-10-5-6-14(13(15)7-10)17-9-11-3-2-4-12(16)8-11/h2-8H,9,16H2,1H3. The van der Waals surface area contributed by atoms with Crippen LogP contribution in [0.25, 0.3) is 0 Å². The smallest absolute Gasteiger partial charge is 0.138 e. The van der Waals surface area contributed by atoms with Crippen LogP contribution in [0.3, 0.4) is 0 Å². The number of nitrogen functional groups attached to an aromatic ring is 1. The van der Waals surface area contributed by atoms with Crippen molar-refractivity contribution < 1.29 is 4.74 Å². The van der Waals surface area contributed by atoms with E-state index in [1.165, 1.54) is 0 Å². The first-order chi connectivity index (χ1) is 8.15. The van der Waals surface area contributed by atoms with Crippen molar-refractivity contribution in [1.29, 1.82) is 0 Å². The SMILES string of the molecule is Cc1ccc(OCc2cccc(N)c2)c(Cl)c1. The summed E-state index contributed by atoms with van der Waals surface area (Å²) in [6.45, 7) is 2.46. The summed E-state index contributed by atoms with van der Waals surface area (Å²) in [5, 5.41) is 0.633. The minimum atomic E-state index is 0.466. The zero-order chi connectivity index (χ0) is 12.3. The zero-order valence-corrected chi connectivity index (χ0v) is 10.4. The lowest BCUT2D eigenvalue weighted by molar-refractivity contribution is 0.306. The van der Waals surface area contributed by atoms with Crippen LogP contribution in [0, 0.1) is 6.92 Å². The molecule has 0 amide bonds. The van der Waals surface area contributed by atoms with Crippen LogP contribution in [0.1, 0.15) is 11.1 Å². The molecule has 2 aromatic rings. The van der Waals surface area contributed by atoms with Crippen molar-refractivity contribution in [2.75, 3.05) is 5.73 Å². The highest BCUT2D eigenvalue weighted by Gasteiger charge is 2.02. The molecule has 0 saturated carbocycles. The third-order valence-corrected chi connectivity index (χ3v) is 2.73. The van der Waals surface area contributed by atoms with Crippen molar-refractivity contribution in [1.82, 2.24) is 0 Å². The average molecular weight is 248 g/mol. The Bertz CT molecular complexity index is 525. The molecule has 0 fully saturated rings. The summed E-state index contributed by atoms with van der Waals surface area (Å²) in [5.41, 5.74) is 8.58. The molecule has 0 bridgehead atoms. The predicted octanol–water partition coefficient (Wildman–Crippen LogP) is 3.81. The second-order valence-electron chi connectivity index (χ2n) is 3.97. The quantitative estimate of drug-likeness (QED) is 0.837. The molecule has 0 unspecified atom stereocenters. The molecular formula is C14H14ClNO. The highest BCUT2D eigenvalue weighted by atomic mass is 35.5. The fourth-order valence-corrected chi connectivity index (χ4v) is 1.86. The highest BCUT2D eigenvalue weighted by Crippen LogP contribution is 2.26. The Balaban J connectivity index is 2.07. The minimum Gasteiger partial charge on any atom is -0.487 e. The lowest BCUT2D eigenvalue weighted by Crippen LogP contribution is -1.97. The Labute approximate surface area is 106 Å². The van der Waals surface area contributed by atoms with Crippen LogP contribution in [0.5, 0.6) is 5.75 Å². The van der Waals surface area contributed by atoms with Crippen molar-refractivity contribution in [2.24, 2.45) is 0 Å². The van der Waals surface area contributed by atoms with E-state index in [9.17, 15) is 0 Å². The predicted molar refractivity (Wildman–Crippen MR) is 71.4 cm³/mol. The second kappa shape index (κ2) is 5.11. The third-order valence-electron chi connectivity index (χ3n) is 2.43. The summed E-state index contributed by atoms with van der Waals surface area (Å²) < 4.78 is 5.65. The third kappa shape index (κ3) is 3.14. The van der Waals surface area contributed by atoms with E-state index in [1.54, 1.807) is 0 Å². The topological polar surface area (TPSA) is 35.2 Å². The lowest BCUT2D eigenvalue weighted by Gasteiger charge is -2.09. The van der Waals surface area contributed by atoms with Gasteiger partial charge in [-0.05, 0) is 42.3 Å². The van der Waals surface area contributed by atoms with Crippen molar-refractivity contribution in [3.8, 4) is 5.75 Å². The van der Waals surface area contributed by atoms with E-state index < -0.39 is 0 Å². The summed E-state index contributed by atoms with van der Waals surface area (Å²) in [4.78, 5) is 0. The van der Waals surface area contributed by atoms with E-state index in [2.05, 4.69) is 0 Å². The lowest BCUT2D eigenvalue weighted by atomic mass is 10.2. The summed E-state index contributed by atoms with van der Waals surface area (Å²) in [7, 11) is 0. The van der Waals surface area contributed by atoms with Gasteiger partial charge < -0.3 is 10.5 Å². The number of hydrogen-bond donors (Lipinski definition) is 1. The van der Waals surface area contributed by atoms with Crippen LogP contribution in [0.15, 0.2) is 42.5 Å². The van der Waals surface area contributed by atoms with Gasteiger partial charge in [0.15, 0.2) is 0 Å². The zero-order valence-electron chi connectivity index (χ0n) is 9.61. The maximum Gasteiger partial charge on any atom is 0.138 e. The monoisotopic (exact) mass is 247 g/mol. The first kappa shape index (κ1) is 11.8. The van der Waals surface area contributed by atoms with Crippen LogP contribution in [0.4, 0.5) is 5.69 Å². The molecule has 0 heterocycles. The summed E-state index contributed by atoms with van der Waals surface area (Å²) in [5.74, 6) is 0.694. The largest absolute Gasteiger partial charge is 0.487 e. The number of hydrogen-bond acceptors (Lipinski definition) is 2. The molecule has 2 nitrogen and oxygen atoms in total. The van der Waals surface area contributed by atoms with E-state index in [0.717, 1.165) is 16.8 Å². The van der Waals surface area contributed by atoms with E-state index in [4.69, 9.17) is 22.1 Å². The molecule has 2 aromatic carbocycles. The molecule has 88 valence electrons. The number of ether oxygens (including phenoxy) is 1. The summed E-state index contributed by atoms with van der Waals surface area (Å²) in [6.07, 6.45) is 0. The average Bonchev–Trinajstić information content (AvgIpc) is 2.28. The molecular weight excluding hydrogens is 234 g/mol. The van der Waals surface area contributed by atoms with E-state index in [-0.39, 0.29) is 0 Å². The Morgan fingerprint density at radius 2 is 2.00 bits per heavy atom. The van der Waals surface area contributed by atoms with Crippen molar-refractivity contribution in [3.05, 3.63) is 58.6 Å². The Morgan fingerprint density at radius 3 is 2.71 bits per heavy atom. The van der Waals surface area contributed by atoms with Crippen molar-refractivity contribution in [2.45, 2.75) is 13.5 Å². The van der Waals surface area contributed by atoms with Crippen LogP contribution in [-0.2, 0) is 6.61 Å². The van der Waals surface area contributed by atoms with Crippen LogP contribution in [0.2, 0.25) is 5.02 Å². The number of nitrogens with two attached hydrogens (primary N) is 1.